The molecule has 0 saturated carbocycles. The minimum atomic E-state index is -0.285. The predicted molar refractivity (Wildman–Crippen MR) is 123 cm³/mol. The maximum absolute atomic E-state index is 14.6. The monoisotopic (exact) mass is 402 g/mol. The molecule has 3 aromatic carbocycles. The highest BCUT2D eigenvalue weighted by Crippen LogP contribution is 2.23. The smallest absolute Gasteiger partial charge is 0.130 e. The van der Waals surface area contributed by atoms with E-state index in [-0.39, 0.29) is 11.6 Å². The lowest BCUT2D eigenvalue weighted by molar-refractivity contribution is 0.619. The minimum Gasteiger partial charge on any atom is -0.206 e. The molecule has 0 N–H and O–H groups in total. The van der Waals surface area contributed by atoms with Crippen molar-refractivity contribution in [3.05, 3.63) is 118 Å². The maximum Gasteiger partial charge on any atom is 0.130 e. The number of allylic oxidation sites excluding steroid dienone is 2. The molecule has 0 heterocycles. The first kappa shape index (κ1) is 21.7. The average Bonchev–Trinajstić information content (AvgIpc) is 2.75. The first-order chi connectivity index (χ1) is 14.6. The fraction of sp³-hybridized carbons (Fsp3) is 0.214. The van der Waals surface area contributed by atoms with Crippen LogP contribution in [0.2, 0.25) is 0 Å². The zero-order valence-electron chi connectivity index (χ0n) is 17.6. The Balaban J connectivity index is 1.67. The number of benzene rings is 3. The summed E-state index contributed by atoms with van der Waals surface area (Å²) >= 11 is 0. The van der Waals surface area contributed by atoms with E-state index < -0.39 is 0 Å². The largest absolute Gasteiger partial charge is 0.206 e. The van der Waals surface area contributed by atoms with Gasteiger partial charge in [0.1, 0.15) is 11.6 Å². The number of rotatable bonds is 8. The van der Waals surface area contributed by atoms with Crippen molar-refractivity contribution in [3.8, 4) is 0 Å². The van der Waals surface area contributed by atoms with Crippen molar-refractivity contribution in [2.45, 2.75) is 39.0 Å². The number of halogens is 2. The summed E-state index contributed by atoms with van der Waals surface area (Å²) < 4.78 is 29.0. The van der Waals surface area contributed by atoms with Crippen molar-refractivity contribution in [3.63, 3.8) is 0 Å². The third-order valence-electron chi connectivity index (χ3n) is 5.32. The number of hydrogen-bond donors (Lipinski definition) is 0. The summed E-state index contributed by atoms with van der Waals surface area (Å²) in [7, 11) is 0. The van der Waals surface area contributed by atoms with Crippen LogP contribution in [0.1, 0.15) is 54.0 Å². The van der Waals surface area contributed by atoms with Gasteiger partial charge in [0, 0.05) is 11.1 Å². The van der Waals surface area contributed by atoms with Crippen LogP contribution in [0.5, 0.6) is 0 Å². The molecule has 0 fully saturated rings. The Morgan fingerprint density at radius 1 is 0.800 bits per heavy atom. The molecule has 154 valence electrons. The van der Waals surface area contributed by atoms with Crippen LogP contribution in [0.3, 0.4) is 0 Å². The molecule has 3 rings (SSSR count). The highest BCUT2D eigenvalue weighted by Gasteiger charge is 2.08. The molecule has 30 heavy (non-hydrogen) atoms. The molecular formula is C28H28F2. The molecule has 0 bridgehead atoms. The summed E-state index contributed by atoms with van der Waals surface area (Å²) in [5.74, 6) is -0.252. The van der Waals surface area contributed by atoms with Crippen molar-refractivity contribution < 1.29 is 8.78 Å². The lowest BCUT2D eigenvalue weighted by atomic mass is 9.93. The molecule has 0 nitrogen and oxygen atoms in total. The zero-order valence-corrected chi connectivity index (χ0v) is 17.6. The highest BCUT2D eigenvalue weighted by atomic mass is 19.1. The second-order valence-electron chi connectivity index (χ2n) is 7.67. The lowest BCUT2D eigenvalue weighted by Crippen LogP contribution is -1.99. The lowest BCUT2D eigenvalue weighted by Gasteiger charge is -2.12. The van der Waals surface area contributed by atoms with Gasteiger partial charge in [0.25, 0.3) is 0 Å². The molecule has 2 heteroatoms. The Labute approximate surface area is 178 Å². The molecule has 3 aromatic rings. The van der Waals surface area contributed by atoms with Gasteiger partial charge in [0.2, 0.25) is 0 Å². The van der Waals surface area contributed by atoms with Crippen LogP contribution in [-0.2, 0) is 12.8 Å². The zero-order chi connectivity index (χ0) is 21.3. The molecule has 0 unspecified atom stereocenters. The molecule has 0 aliphatic rings. The van der Waals surface area contributed by atoms with Gasteiger partial charge in [-0.2, -0.15) is 0 Å². The van der Waals surface area contributed by atoms with Crippen LogP contribution < -0.4 is 0 Å². The Hall–Kier alpha value is -3.00. The normalized spacial score (nSPS) is 12.7. The van der Waals surface area contributed by atoms with Gasteiger partial charge >= 0.3 is 0 Å². The molecule has 0 aromatic heterocycles. The summed E-state index contributed by atoms with van der Waals surface area (Å²) in [6, 6.07) is 20.8. The second kappa shape index (κ2) is 10.7. The molecule has 0 spiro atoms. The summed E-state index contributed by atoms with van der Waals surface area (Å²) in [5, 5.41) is 0. The number of aryl methyl sites for hydroxylation is 1. The number of hydrogen-bond acceptors (Lipinski definition) is 0. The molecule has 0 amide bonds. The first-order valence-electron chi connectivity index (χ1n) is 10.5. The molecule has 0 aliphatic carbocycles. The Kier molecular flexibility index (Phi) is 7.73. The second-order valence-corrected chi connectivity index (χ2v) is 7.67. The fourth-order valence-corrected chi connectivity index (χ4v) is 3.54. The van der Waals surface area contributed by atoms with E-state index in [2.05, 4.69) is 25.1 Å². The molecule has 0 radical (unpaired) electrons. The van der Waals surface area contributed by atoms with Gasteiger partial charge < -0.3 is 0 Å². The van der Waals surface area contributed by atoms with Crippen molar-refractivity contribution in [1.29, 1.82) is 0 Å². The van der Waals surface area contributed by atoms with Crippen LogP contribution in [0.25, 0.3) is 12.2 Å². The molecule has 0 saturated heterocycles. The van der Waals surface area contributed by atoms with E-state index in [4.69, 9.17) is 0 Å². The topological polar surface area (TPSA) is 0 Å². The quantitative estimate of drug-likeness (QED) is 0.264. The first-order valence-corrected chi connectivity index (χ1v) is 10.5. The standard InChI is InChI=1S/C28H28F2/c1-3-4-6-9-22-12-14-25(27(29)19-22)16-17-26-15-13-23(20-28(26)30)18-21(2)24-10-7-5-8-11-24/h3-5,7-8,10-17,19-21H,6,9,18H2,1-2H3/b4-3+,17-16?/t21-/m0/s1. The predicted octanol–water partition coefficient (Wildman–Crippen LogP) is 7.99. The van der Waals surface area contributed by atoms with Gasteiger partial charge in [0.05, 0.1) is 0 Å². The Morgan fingerprint density at radius 3 is 2.00 bits per heavy atom. The summed E-state index contributed by atoms with van der Waals surface area (Å²) in [6.07, 6.45) is 9.81. The Bertz CT molecular complexity index is 1020. The van der Waals surface area contributed by atoms with E-state index in [1.54, 1.807) is 36.4 Å². The van der Waals surface area contributed by atoms with E-state index in [9.17, 15) is 8.78 Å². The van der Waals surface area contributed by atoms with Crippen LogP contribution in [0.15, 0.2) is 78.9 Å². The SMILES string of the molecule is C/C=C/CCc1ccc(C=Cc2ccc(C[C@H](C)c3ccccc3)cc2F)c(F)c1. The molecule has 1 atom stereocenters. The van der Waals surface area contributed by atoms with Crippen LogP contribution in [-0.4, -0.2) is 0 Å². The van der Waals surface area contributed by atoms with Crippen LogP contribution in [0.4, 0.5) is 8.78 Å². The van der Waals surface area contributed by atoms with Gasteiger partial charge in [-0.25, -0.2) is 8.78 Å². The summed E-state index contributed by atoms with van der Waals surface area (Å²) in [5.41, 5.74) is 4.09. The van der Waals surface area contributed by atoms with E-state index in [1.165, 1.54) is 5.56 Å². The minimum absolute atomic E-state index is 0.280. The van der Waals surface area contributed by atoms with Crippen molar-refractivity contribution in [2.75, 3.05) is 0 Å². The van der Waals surface area contributed by atoms with Gasteiger partial charge in [-0.05, 0) is 60.9 Å². The third kappa shape index (κ3) is 6.00. The van der Waals surface area contributed by atoms with Gasteiger partial charge in [0.15, 0.2) is 0 Å². The van der Waals surface area contributed by atoms with Gasteiger partial charge in [-0.15, -0.1) is 0 Å². The van der Waals surface area contributed by atoms with E-state index in [0.29, 0.717) is 17.0 Å². The van der Waals surface area contributed by atoms with E-state index in [0.717, 1.165) is 30.4 Å². The summed E-state index contributed by atoms with van der Waals surface area (Å²) in [6.45, 7) is 4.12. The maximum atomic E-state index is 14.6. The van der Waals surface area contributed by atoms with Crippen molar-refractivity contribution >= 4 is 12.2 Å². The van der Waals surface area contributed by atoms with Crippen molar-refractivity contribution in [2.24, 2.45) is 0 Å². The van der Waals surface area contributed by atoms with Crippen LogP contribution >= 0.6 is 0 Å². The summed E-state index contributed by atoms with van der Waals surface area (Å²) in [4.78, 5) is 0. The van der Waals surface area contributed by atoms with Gasteiger partial charge in [-0.3, -0.25) is 0 Å². The highest BCUT2D eigenvalue weighted by molar-refractivity contribution is 5.70. The molecule has 0 aliphatic heterocycles. The van der Waals surface area contributed by atoms with Crippen molar-refractivity contribution in [1.82, 2.24) is 0 Å². The average molecular weight is 403 g/mol. The van der Waals surface area contributed by atoms with Gasteiger partial charge in [-0.1, -0.05) is 85.8 Å². The van der Waals surface area contributed by atoms with E-state index in [1.807, 2.05) is 43.3 Å². The molecular weight excluding hydrogens is 374 g/mol. The van der Waals surface area contributed by atoms with Crippen LogP contribution in [0, 0.1) is 11.6 Å². The van der Waals surface area contributed by atoms with E-state index >= 15 is 0 Å². The third-order valence-corrected chi connectivity index (χ3v) is 5.32. The fourth-order valence-electron chi connectivity index (χ4n) is 3.54. The Morgan fingerprint density at radius 2 is 1.40 bits per heavy atom.